The monoisotopic (exact) mass is 1240 g/mol. The van der Waals surface area contributed by atoms with E-state index in [-0.39, 0.29) is 59.1 Å². The van der Waals surface area contributed by atoms with Gasteiger partial charge in [0.15, 0.2) is 157 Å². The molecule has 0 amide bonds. The fourth-order valence-electron chi connectivity index (χ4n) is 12.9. The number of fused-ring (bicyclic) bond motifs is 3. The average molecular weight is 1250 g/mol. The number of hydrogen-bond acceptors (Lipinski definition) is 25. The van der Waals surface area contributed by atoms with Gasteiger partial charge in [-0.05, 0) is 45.3 Å². The number of rotatable bonds is 10. The molecule has 12 rings (SSSR count). The van der Waals surface area contributed by atoms with Gasteiger partial charge < -0.3 is 111 Å². The molecule has 0 radical (unpaired) electrons. The maximum Gasteiger partial charge on any atom is 0.252 e. The van der Waals surface area contributed by atoms with Crippen molar-refractivity contribution in [2.75, 3.05) is 26.7 Å². The maximum atomic E-state index is 4.77. The zero-order valence-electron chi connectivity index (χ0n) is 36.6. The van der Waals surface area contributed by atoms with E-state index in [4.69, 9.17) is 4.65 Å². The lowest BCUT2D eigenvalue weighted by atomic mass is 11.0. The number of nitrogens with one attached hydrogen (secondary N) is 20. The Morgan fingerprint density at radius 2 is 1.56 bits per heavy atom. The molecular weight excluding hydrogens is 1170 g/mol. The highest BCUT2D eigenvalue weighted by molar-refractivity contribution is 7.27. The van der Waals surface area contributed by atoms with E-state index in [1.54, 1.807) is 11.3 Å². The highest BCUT2D eigenvalue weighted by Gasteiger charge is 2.72. The zero-order valence-corrected chi connectivity index (χ0v) is 68.4. The summed E-state index contributed by atoms with van der Waals surface area (Å²) in [5, 5.41) is 0. The second kappa shape index (κ2) is 19.3. The molecule has 3 unspecified atom stereocenters. The first-order valence-electron chi connectivity index (χ1n) is 23.0. The first kappa shape index (κ1) is 47.5. The molecule has 0 saturated carbocycles. The summed E-state index contributed by atoms with van der Waals surface area (Å²) in [6.07, 6.45) is 0. The third-order valence-corrected chi connectivity index (χ3v) is 124. The first-order chi connectivity index (χ1) is 29.6. The van der Waals surface area contributed by atoms with Crippen molar-refractivity contribution < 1.29 is 0 Å². The standard InChI is InChI=1S/C12H77N25Si24/c38-18-52-16-1-13-41-24-58(29-52)9-60(10-58)28-51-5-55(6-51,32-60)31-57(19-39)11-61(12-57)26-44-23-54-34(61)3-15-46-37(54)49-27-56(17-4-33-2-14-45-35(40)50-33)7-59(8-56)25-43-21-48-36-47-20-42-22-53(36)30-59/h13-32,51-54H,1-12,41-50H2,38-40H3. The molecule has 61 heavy (non-hydrogen) atoms. The summed E-state index contributed by atoms with van der Waals surface area (Å²) in [6.45, 7) is 4.39. The minimum atomic E-state index is -1.80. The van der Waals surface area contributed by atoms with Crippen molar-refractivity contribution in [1.29, 1.82) is 0 Å². The molecule has 2 bridgehead atoms. The molecule has 12 heterocycles. The van der Waals surface area contributed by atoms with E-state index in [1.807, 2.05) is 0 Å². The predicted molar refractivity (Wildman–Crippen MR) is 314 cm³/mol. The van der Waals surface area contributed by atoms with E-state index in [9.17, 15) is 0 Å². The summed E-state index contributed by atoms with van der Waals surface area (Å²) in [6, 6.07) is 0. The van der Waals surface area contributed by atoms with E-state index >= 15 is 0 Å². The van der Waals surface area contributed by atoms with Crippen molar-refractivity contribution in [3.05, 3.63) is 0 Å². The molecule has 0 aromatic heterocycles. The molecule has 0 aromatic rings. The Labute approximate surface area is 408 Å². The summed E-state index contributed by atoms with van der Waals surface area (Å²) in [5.41, 5.74) is 11.9. The molecule has 0 aromatic carbocycles. The predicted octanol–water partition coefficient (Wildman–Crippen LogP) is -25.6. The van der Waals surface area contributed by atoms with Crippen molar-refractivity contribution in [2.45, 2.75) is 45.3 Å². The maximum absolute atomic E-state index is 4.77. The van der Waals surface area contributed by atoms with Crippen molar-refractivity contribution in [1.82, 2.24) is 115 Å². The molecule has 4 spiro atoms. The SMILES string of the molecule is [SiH3]N[SiH]1NCN[SiH2]N[Si]2(C[Si]3(C2)N[SiH]2C[Si](N[Si]4(N[SiH3])C[Si]5(C4)N[SiH2]N[SiH]4N([SiH2]N[Si]6(NCN7CN[SiH2]N([SiH3])[SiH2]7)C[Si]7(C6)N[SiH2]N[SiH2]N6[SiH2]N[SiH2]N[SiH]6N7)[SiH2]NCN45)(C2)N3)N1. The van der Waals surface area contributed by atoms with Crippen LogP contribution in [0.4, 0.5) is 0 Å². The van der Waals surface area contributed by atoms with Gasteiger partial charge in [0.25, 0.3) is 9.28 Å². The van der Waals surface area contributed by atoms with Crippen LogP contribution in [0, 0.1) is 0 Å². The second-order valence-corrected chi connectivity index (χ2v) is 98.1. The molecule has 0 aliphatic carbocycles. The number of hydrogen-bond donors (Lipinski definition) is 20. The Hall–Kier alpha value is 4.21. The summed E-state index contributed by atoms with van der Waals surface area (Å²) in [4.78, 5) is 20.0. The molecule has 25 nitrogen and oxygen atoms in total. The first-order valence-corrected chi connectivity index (χ1v) is 63.6. The Bertz CT molecular complexity index is 1560. The Morgan fingerprint density at radius 1 is 0.754 bits per heavy atom. The summed E-state index contributed by atoms with van der Waals surface area (Å²) >= 11 is 0. The quantitative estimate of drug-likeness (QED) is 0.0907. The average Bonchev–Trinajstić information content (AvgIpc) is 3.19. The van der Waals surface area contributed by atoms with Gasteiger partial charge in [-0.25, -0.2) is 0 Å². The highest BCUT2D eigenvalue weighted by Crippen LogP contribution is 2.45. The molecule has 12 saturated heterocycles. The fourth-order valence-corrected chi connectivity index (χ4v) is 165. The molecule has 12 aliphatic rings. The molecule has 20 N–H and O–H groups in total. The van der Waals surface area contributed by atoms with E-state index < -0.39 is 135 Å². The molecule has 12 aliphatic heterocycles. The van der Waals surface area contributed by atoms with E-state index in [0.717, 1.165) is 40.8 Å². The van der Waals surface area contributed by atoms with Crippen LogP contribution in [0.5, 0.6) is 0 Å². The van der Waals surface area contributed by atoms with Crippen LogP contribution in [0.1, 0.15) is 0 Å². The molecule has 49 heteroatoms. The van der Waals surface area contributed by atoms with Gasteiger partial charge in [-0.3, -0.25) is 4.57 Å². The van der Waals surface area contributed by atoms with E-state index in [1.165, 1.54) is 51.1 Å². The van der Waals surface area contributed by atoms with Gasteiger partial charge in [0, 0.05) is 26.7 Å². The van der Waals surface area contributed by atoms with Gasteiger partial charge in [-0.2, -0.15) is 0 Å². The van der Waals surface area contributed by atoms with Crippen LogP contribution in [0.2, 0.25) is 45.3 Å². The lowest BCUT2D eigenvalue weighted by Crippen LogP contribution is -3.02. The van der Waals surface area contributed by atoms with Gasteiger partial charge in [-0.1, -0.05) is 0 Å². The molecule has 346 valence electrons. The van der Waals surface area contributed by atoms with Gasteiger partial charge >= 0.3 is 0 Å². The van der Waals surface area contributed by atoms with Crippen molar-refractivity contribution in [3.63, 3.8) is 0 Å². The fraction of sp³-hybridized carbons (Fsp3) is 1.00. The highest BCUT2D eigenvalue weighted by atomic mass is 28.6. The van der Waals surface area contributed by atoms with Crippen molar-refractivity contribution >= 4 is 225 Å². The van der Waals surface area contributed by atoms with Crippen LogP contribution in [-0.2, 0) is 0 Å². The molecule has 12 fully saturated rings. The van der Waals surface area contributed by atoms with Crippen LogP contribution < -0.4 is 94.6 Å². The van der Waals surface area contributed by atoms with Crippen LogP contribution in [0.25, 0.3) is 0 Å². The lowest BCUT2D eigenvalue weighted by molar-refractivity contribution is 0.402. The van der Waals surface area contributed by atoms with Crippen LogP contribution in [-0.4, -0.2) is 272 Å². The largest absolute Gasteiger partial charge is 0.361 e. The van der Waals surface area contributed by atoms with Gasteiger partial charge in [-0.15, -0.1) is 0 Å². The molecule has 3 atom stereocenters. The Balaban J connectivity index is 0.740. The number of nitrogens with zero attached hydrogens (tertiary/aromatic N) is 5. The summed E-state index contributed by atoms with van der Waals surface area (Å²) < 4.78 is 79.6. The van der Waals surface area contributed by atoms with Crippen LogP contribution in [0.15, 0.2) is 0 Å². The van der Waals surface area contributed by atoms with E-state index in [2.05, 4.69) is 110 Å². The topological polar surface area (TPSA) is 257 Å². The van der Waals surface area contributed by atoms with Crippen LogP contribution >= 0.6 is 0 Å². The second-order valence-electron chi connectivity index (χ2n) is 20.3. The smallest absolute Gasteiger partial charge is 0.252 e. The molecular formula is C12H77N25Si24. The van der Waals surface area contributed by atoms with Gasteiger partial charge in [0.2, 0.25) is 18.6 Å². The van der Waals surface area contributed by atoms with Gasteiger partial charge in [0.05, 0.1) is 31.2 Å². The normalized spacial score (nSPS) is 52.7. The Morgan fingerprint density at radius 3 is 2.38 bits per heavy atom. The summed E-state index contributed by atoms with van der Waals surface area (Å²) in [5.74, 6) is 0. The Kier molecular flexibility index (Phi) is 15.1. The van der Waals surface area contributed by atoms with Crippen molar-refractivity contribution in [3.8, 4) is 0 Å². The minimum Gasteiger partial charge on any atom is -0.361 e. The lowest BCUT2D eigenvalue weighted by Gasteiger charge is -2.69. The summed E-state index contributed by atoms with van der Waals surface area (Å²) in [7, 11) is -16.1. The third-order valence-electron chi connectivity index (χ3n) is 15.7. The van der Waals surface area contributed by atoms with Crippen molar-refractivity contribution in [2.24, 2.45) is 0 Å². The third kappa shape index (κ3) is 9.80. The zero-order chi connectivity index (χ0) is 41.4. The van der Waals surface area contributed by atoms with E-state index in [0.29, 0.717) is 0 Å². The minimum absolute atomic E-state index is 0.152. The van der Waals surface area contributed by atoms with Crippen LogP contribution in [0.3, 0.4) is 0 Å². The van der Waals surface area contributed by atoms with Gasteiger partial charge in [0.1, 0.15) is 8.96 Å².